The van der Waals surface area contributed by atoms with Crippen molar-refractivity contribution in [3.63, 3.8) is 0 Å². The summed E-state index contributed by atoms with van der Waals surface area (Å²) in [5.74, 6) is -0.396. The molecular weight excluding hydrogens is 264 g/mol. The summed E-state index contributed by atoms with van der Waals surface area (Å²) in [6.07, 6.45) is 0.840. The van der Waals surface area contributed by atoms with Crippen molar-refractivity contribution in [1.82, 2.24) is 4.90 Å². The van der Waals surface area contributed by atoms with Gasteiger partial charge in [0.05, 0.1) is 13.0 Å². The first-order valence-corrected chi connectivity index (χ1v) is 6.30. The summed E-state index contributed by atoms with van der Waals surface area (Å²) in [6, 6.07) is 10.2. The Labute approximate surface area is 120 Å². The molecule has 19 heavy (non-hydrogen) atoms. The third-order valence-electron chi connectivity index (χ3n) is 3.50. The van der Waals surface area contributed by atoms with Crippen LogP contribution in [0.15, 0.2) is 30.3 Å². The van der Waals surface area contributed by atoms with Gasteiger partial charge < -0.3 is 10.5 Å². The largest absolute Gasteiger partial charge is 0.469 e. The van der Waals surface area contributed by atoms with Crippen LogP contribution in [0.2, 0.25) is 0 Å². The van der Waals surface area contributed by atoms with E-state index in [2.05, 4.69) is 17.0 Å². The Bertz CT molecular complexity index is 400. The summed E-state index contributed by atoms with van der Waals surface area (Å²) in [6.45, 7) is 2.48. The number of rotatable bonds is 3. The first kappa shape index (κ1) is 16.0. The smallest absolute Gasteiger partial charge is 0.311 e. The number of methoxy groups -OCH3 is 1. The van der Waals surface area contributed by atoms with Crippen LogP contribution >= 0.6 is 12.4 Å². The fourth-order valence-electron chi connectivity index (χ4n) is 2.42. The third kappa shape index (κ3) is 4.20. The van der Waals surface area contributed by atoms with Crippen molar-refractivity contribution in [1.29, 1.82) is 0 Å². The van der Waals surface area contributed by atoms with Gasteiger partial charge in [-0.25, -0.2) is 0 Å². The number of piperidine rings is 1. The van der Waals surface area contributed by atoms with Crippen LogP contribution in [-0.2, 0) is 16.1 Å². The Kier molecular flexibility index (Phi) is 6.28. The van der Waals surface area contributed by atoms with Crippen LogP contribution in [0.3, 0.4) is 0 Å². The maximum absolute atomic E-state index is 11.6. The average molecular weight is 285 g/mol. The Morgan fingerprint density at radius 1 is 1.42 bits per heavy atom. The van der Waals surface area contributed by atoms with Crippen LogP contribution in [-0.4, -0.2) is 37.1 Å². The van der Waals surface area contributed by atoms with E-state index in [0.29, 0.717) is 6.54 Å². The highest BCUT2D eigenvalue weighted by Crippen LogP contribution is 2.19. The molecule has 0 amide bonds. The van der Waals surface area contributed by atoms with Crippen molar-refractivity contribution >= 4 is 18.4 Å². The summed E-state index contributed by atoms with van der Waals surface area (Å²) in [5.41, 5.74) is 7.24. The van der Waals surface area contributed by atoms with E-state index in [9.17, 15) is 4.79 Å². The molecule has 1 saturated heterocycles. The maximum Gasteiger partial charge on any atom is 0.311 e. The van der Waals surface area contributed by atoms with Gasteiger partial charge in [0.25, 0.3) is 0 Å². The number of halogens is 1. The lowest BCUT2D eigenvalue weighted by Crippen LogP contribution is -2.50. The van der Waals surface area contributed by atoms with E-state index < -0.39 is 0 Å². The second-order valence-electron chi connectivity index (χ2n) is 4.80. The molecule has 1 heterocycles. The van der Waals surface area contributed by atoms with E-state index in [1.807, 2.05) is 18.2 Å². The zero-order chi connectivity index (χ0) is 13.0. The number of esters is 1. The van der Waals surface area contributed by atoms with Gasteiger partial charge in [0.15, 0.2) is 0 Å². The number of nitrogens with zero attached hydrogens (tertiary/aromatic N) is 1. The van der Waals surface area contributed by atoms with Gasteiger partial charge in [0.1, 0.15) is 0 Å². The molecule has 0 saturated carbocycles. The molecule has 2 rings (SSSR count). The van der Waals surface area contributed by atoms with Crippen molar-refractivity contribution in [2.45, 2.75) is 19.0 Å². The number of carbonyl (C=O) groups is 1. The molecule has 0 aliphatic carbocycles. The van der Waals surface area contributed by atoms with Crippen LogP contribution in [0.1, 0.15) is 12.0 Å². The summed E-state index contributed by atoms with van der Waals surface area (Å²) in [5, 5.41) is 0. The summed E-state index contributed by atoms with van der Waals surface area (Å²) in [7, 11) is 1.42. The number of nitrogens with two attached hydrogens (primary N) is 1. The number of ether oxygens (including phenoxy) is 1. The van der Waals surface area contributed by atoms with E-state index in [-0.39, 0.29) is 30.3 Å². The lowest BCUT2D eigenvalue weighted by atomic mass is 9.92. The van der Waals surface area contributed by atoms with Gasteiger partial charge in [-0.2, -0.15) is 0 Å². The van der Waals surface area contributed by atoms with Crippen LogP contribution in [0.25, 0.3) is 0 Å². The van der Waals surface area contributed by atoms with E-state index in [1.165, 1.54) is 12.7 Å². The molecule has 2 N–H and O–H groups in total. The Morgan fingerprint density at radius 3 is 2.74 bits per heavy atom. The van der Waals surface area contributed by atoms with Crippen LogP contribution < -0.4 is 5.73 Å². The zero-order valence-electron chi connectivity index (χ0n) is 11.1. The average Bonchev–Trinajstić information content (AvgIpc) is 2.41. The minimum absolute atomic E-state index is 0. The molecule has 0 spiro atoms. The molecule has 1 aromatic rings. The van der Waals surface area contributed by atoms with Crippen molar-refractivity contribution in [3.8, 4) is 0 Å². The fourth-order valence-corrected chi connectivity index (χ4v) is 2.42. The maximum atomic E-state index is 11.6. The third-order valence-corrected chi connectivity index (χ3v) is 3.50. The molecule has 1 fully saturated rings. The van der Waals surface area contributed by atoms with Gasteiger partial charge in [-0.05, 0) is 12.0 Å². The molecular formula is C14H21ClN2O2. The topological polar surface area (TPSA) is 55.6 Å². The van der Waals surface area contributed by atoms with Gasteiger partial charge in [0, 0.05) is 25.7 Å². The van der Waals surface area contributed by atoms with Gasteiger partial charge in [-0.15, -0.1) is 12.4 Å². The molecule has 4 nitrogen and oxygen atoms in total. The molecule has 5 heteroatoms. The Balaban J connectivity index is 0.00000180. The Hall–Kier alpha value is -1.10. The van der Waals surface area contributed by atoms with Gasteiger partial charge in [-0.3, -0.25) is 9.69 Å². The SMILES string of the molecule is COC(=O)C1CN(Cc2ccccc2)CCC1N.Cl. The quantitative estimate of drug-likeness (QED) is 0.853. The minimum atomic E-state index is -0.201. The number of benzene rings is 1. The number of carbonyl (C=O) groups excluding carboxylic acids is 1. The van der Waals surface area contributed by atoms with Crippen LogP contribution in [0.5, 0.6) is 0 Å². The zero-order valence-corrected chi connectivity index (χ0v) is 11.9. The molecule has 0 bridgehead atoms. The van der Waals surface area contributed by atoms with Crippen molar-refractivity contribution in [3.05, 3.63) is 35.9 Å². The van der Waals surface area contributed by atoms with Gasteiger partial charge >= 0.3 is 5.97 Å². The predicted octanol–water partition coefficient (Wildman–Crippen LogP) is 1.43. The number of hydrogen-bond donors (Lipinski definition) is 1. The lowest BCUT2D eigenvalue weighted by Gasteiger charge is -2.35. The highest BCUT2D eigenvalue weighted by Gasteiger charge is 2.32. The van der Waals surface area contributed by atoms with E-state index in [1.54, 1.807) is 0 Å². The van der Waals surface area contributed by atoms with Crippen molar-refractivity contribution in [2.75, 3.05) is 20.2 Å². The molecule has 2 atom stereocenters. The van der Waals surface area contributed by atoms with E-state index in [0.717, 1.165) is 19.5 Å². The molecule has 106 valence electrons. The number of hydrogen-bond acceptors (Lipinski definition) is 4. The van der Waals surface area contributed by atoms with Crippen LogP contribution in [0.4, 0.5) is 0 Å². The van der Waals surface area contributed by atoms with Gasteiger partial charge in [0.2, 0.25) is 0 Å². The summed E-state index contributed by atoms with van der Waals surface area (Å²) in [4.78, 5) is 13.9. The Morgan fingerprint density at radius 2 is 2.11 bits per heavy atom. The first-order valence-electron chi connectivity index (χ1n) is 6.30. The fraction of sp³-hybridized carbons (Fsp3) is 0.500. The van der Waals surface area contributed by atoms with E-state index >= 15 is 0 Å². The monoisotopic (exact) mass is 284 g/mol. The summed E-state index contributed by atoms with van der Waals surface area (Å²) >= 11 is 0. The molecule has 1 aliphatic rings. The standard InChI is InChI=1S/C14H20N2O2.ClH/c1-18-14(17)12-10-16(8-7-13(12)15)9-11-5-3-2-4-6-11;/h2-6,12-13H,7-10,15H2,1H3;1H. The molecule has 1 aromatic carbocycles. The van der Waals surface area contributed by atoms with E-state index in [4.69, 9.17) is 10.5 Å². The predicted molar refractivity (Wildman–Crippen MR) is 77.1 cm³/mol. The number of likely N-dealkylation sites (tertiary alicyclic amines) is 1. The van der Waals surface area contributed by atoms with Crippen LogP contribution in [0, 0.1) is 5.92 Å². The molecule has 1 aliphatic heterocycles. The summed E-state index contributed by atoms with van der Waals surface area (Å²) < 4.78 is 4.81. The second kappa shape index (κ2) is 7.48. The second-order valence-corrected chi connectivity index (χ2v) is 4.80. The van der Waals surface area contributed by atoms with Crippen molar-refractivity contribution in [2.24, 2.45) is 11.7 Å². The van der Waals surface area contributed by atoms with Crippen molar-refractivity contribution < 1.29 is 9.53 Å². The normalized spacial score (nSPS) is 23.5. The first-order chi connectivity index (χ1) is 8.70. The molecule has 0 radical (unpaired) electrons. The minimum Gasteiger partial charge on any atom is -0.469 e. The molecule has 2 unspecified atom stereocenters. The highest BCUT2D eigenvalue weighted by atomic mass is 35.5. The van der Waals surface area contributed by atoms with Gasteiger partial charge in [-0.1, -0.05) is 30.3 Å². The highest BCUT2D eigenvalue weighted by molar-refractivity contribution is 5.85. The lowest BCUT2D eigenvalue weighted by molar-refractivity contribution is -0.148. The molecule has 0 aromatic heterocycles.